The summed E-state index contributed by atoms with van der Waals surface area (Å²) in [6, 6.07) is 6.45. The van der Waals surface area contributed by atoms with E-state index in [1.807, 2.05) is 0 Å². The van der Waals surface area contributed by atoms with E-state index in [4.69, 9.17) is 5.73 Å². The monoisotopic (exact) mass is 412 g/mol. The lowest BCUT2D eigenvalue weighted by Gasteiger charge is -2.28. The molecular formula is C22H25BrN2O. The van der Waals surface area contributed by atoms with Crippen molar-refractivity contribution >= 4 is 33.2 Å². The summed E-state index contributed by atoms with van der Waals surface area (Å²) in [6.07, 6.45) is 9.19. The molecule has 136 valence electrons. The molecule has 0 saturated carbocycles. The van der Waals surface area contributed by atoms with Crippen LogP contribution in [0.5, 0.6) is 0 Å². The Balaban J connectivity index is 2.03. The van der Waals surface area contributed by atoms with Gasteiger partial charge in [-0.05, 0) is 102 Å². The van der Waals surface area contributed by atoms with E-state index in [9.17, 15) is 4.79 Å². The minimum atomic E-state index is -0.0376. The lowest BCUT2D eigenvalue weighted by atomic mass is 9.79. The number of hydrogen-bond donors (Lipinski definition) is 2. The summed E-state index contributed by atoms with van der Waals surface area (Å²) < 4.78 is 0.968. The second-order valence-electron chi connectivity index (χ2n) is 7.51. The third kappa shape index (κ3) is 3.05. The largest absolute Gasteiger partial charge is 0.397 e. The van der Waals surface area contributed by atoms with Crippen molar-refractivity contribution in [1.29, 1.82) is 0 Å². The number of anilines is 2. The molecule has 0 atom stereocenters. The molecule has 0 heterocycles. The quantitative estimate of drug-likeness (QED) is 0.647. The van der Waals surface area contributed by atoms with Crippen LogP contribution in [0.1, 0.15) is 54.9 Å². The second-order valence-corrected chi connectivity index (χ2v) is 8.36. The number of aryl methyl sites for hydroxylation is 2. The normalized spacial score (nSPS) is 15.9. The van der Waals surface area contributed by atoms with Crippen LogP contribution in [0, 0.1) is 0 Å². The molecule has 0 saturated heterocycles. The lowest BCUT2D eigenvalue weighted by molar-refractivity contribution is -0.114. The average Bonchev–Trinajstić information content (AvgIpc) is 2.63. The number of amides is 1. The molecule has 2 aromatic carbocycles. The average molecular weight is 413 g/mol. The molecule has 0 bridgehead atoms. The van der Waals surface area contributed by atoms with Crippen molar-refractivity contribution in [2.24, 2.45) is 0 Å². The Morgan fingerprint density at radius 2 is 1.58 bits per heavy atom. The first-order valence-corrected chi connectivity index (χ1v) is 10.4. The fourth-order valence-electron chi connectivity index (χ4n) is 4.58. The maximum atomic E-state index is 11.9. The third-order valence-electron chi connectivity index (χ3n) is 5.73. The second kappa shape index (κ2) is 7.07. The number of fused-ring (bicyclic) bond motifs is 2. The number of carbonyl (C=O) groups is 1. The number of benzene rings is 2. The van der Waals surface area contributed by atoms with Gasteiger partial charge in [0, 0.05) is 28.2 Å². The van der Waals surface area contributed by atoms with Gasteiger partial charge in [-0.15, -0.1) is 0 Å². The van der Waals surface area contributed by atoms with Crippen molar-refractivity contribution in [1.82, 2.24) is 0 Å². The molecule has 2 aromatic rings. The molecule has 0 fully saturated rings. The van der Waals surface area contributed by atoms with E-state index < -0.39 is 0 Å². The van der Waals surface area contributed by atoms with Gasteiger partial charge in [-0.1, -0.05) is 6.07 Å². The topological polar surface area (TPSA) is 55.1 Å². The number of nitrogen functional groups attached to an aromatic ring is 1. The van der Waals surface area contributed by atoms with Gasteiger partial charge in [0.05, 0.1) is 5.69 Å². The van der Waals surface area contributed by atoms with Crippen LogP contribution >= 0.6 is 15.9 Å². The standard InChI is InChI=1S/C22H25BrN2O/c1-13(26)25-19-11-10-14-6-2-4-8-16(14)20(19)21-17-9-5-3-7-15(17)12-18(23)22(21)24/h10-12H,2-9,24H2,1H3,(H,25,26). The molecule has 2 aliphatic rings. The predicted octanol–water partition coefficient (Wildman–Crippen LogP) is 5.41. The van der Waals surface area contributed by atoms with E-state index in [1.165, 1.54) is 47.9 Å². The van der Waals surface area contributed by atoms with Crippen LogP contribution in [0.3, 0.4) is 0 Å². The first kappa shape index (κ1) is 17.6. The molecule has 0 aliphatic heterocycles. The molecule has 3 nitrogen and oxygen atoms in total. The van der Waals surface area contributed by atoms with Crippen LogP contribution in [-0.4, -0.2) is 5.91 Å². The van der Waals surface area contributed by atoms with Gasteiger partial charge in [-0.3, -0.25) is 4.79 Å². The number of hydrogen-bond acceptors (Lipinski definition) is 2. The molecule has 0 radical (unpaired) electrons. The Hall–Kier alpha value is -1.81. The van der Waals surface area contributed by atoms with Crippen molar-refractivity contribution in [2.75, 3.05) is 11.1 Å². The summed E-state index contributed by atoms with van der Waals surface area (Å²) in [5.41, 5.74) is 16.2. The number of halogens is 1. The zero-order valence-electron chi connectivity index (χ0n) is 15.3. The van der Waals surface area contributed by atoms with E-state index >= 15 is 0 Å². The Bertz CT molecular complexity index is 888. The molecule has 2 aliphatic carbocycles. The highest BCUT2D eigenvalue weighted by atomic mass is 79.9. The van der Waals surface area contributed by atoms with Crippen LogP contribution < -0.4 is 11.1 Å². The number of carbonyl (C=O) groups excluding carboxylic acids is 1. The van der Waals surface area contributed by atoms with E-state index in [1.54, 1.807) is 6.92 Å². The third-order valence-corrected chi connectivity index (χ3v) is 6.39. The van der Waals surface area contributed by atoms with Crippen molar-refractivity contribution in [3.8, 4) is 11.1 Å². The molecular weight excluding hydrogens is 388 g/mol. The molecule has 4 heteroatoms. The SMILES string of the molecule is CC(=O)Nc1ccc2c(c1-c1c(N)c(Br)cc3c1CCCC3)CCCC2. The molecule has 4 rings (SSSR count). The first-order chi connectivity index (χ1) is 12.6. The summed E-state index contributed by atoms with van der Waals surface area (Å²) >= 11 is 3.68. The zero-order valence-corrected chi connectivity index (χ0v) is 16.8. The predicted molar refractivity (Wildman–Crippen MR) is 112 cm³/mol. The number of nitrogens with one attached hydrogen (secondary N) is 1. The van der Waals surface area contributed by atoms with Crippen molar-refractivity contribution in [3.63, 3.8) is 0 Å². The Kier molecular flexibility index (Phi) is 4.78. The number of rotatable bonds is 2. The van der Waals surface area contributed by atoms with Gasteiger partial charge in [-0.25, -0.2) is 0 Å². The highest BCUT2D eigenvalue weighted by Gasteiger charge is 2.25. The van der Waals surface area contributed by atoms with Crippen LogP contribution in [0.2, 0.25) is 0 Å². The van der Waals surface area contributed by atoms with Gasteiger partial charge >= 0.3 is 0 Å². The fraction of sp³-hybridized carbons (Fsp3) is 0.409. The van der Waals surface area contributed by atoms with Gasteiger partial charge in [0.1, 0.15) is 0 Å². The van der Waals surface area contributed by atoms with Crippen LogP contribution in [-0.2, 0) is 30.5 Å². The van der Waals surface area contributed by atoms with Crippen LogP contribution in [0.4, 0.5) is 11.4 Å². The summed E-state index contributed by atoms with van der Waals surface area (Å²) in [4.78, 5) is 11.9. The smallest absolute Gasteiger partial charge is 0.221 e. The summed E-state index contributed by atoms with van der Waals surface area (Å²) in [5, 5.41) is 3.07. The molecule has 3 N–H and O–H groups in total. The Labute approximate surface area is 163 Å². The van der Waals surface area contributed by atoms with Gasteiger partial charge < -0.3 is 11.1 Å². The maximum absolute atomic E-state index is 11.9. The molecule has 0 aromatic heterocycles. The van der Waals surface area contributed by atoms with E-state index in [0.717, 1.165) is 52.7 Å². The highest BCUT2D eigenvalue weighted by molar-refractivity contribution is 9.10. The Morgan fingerprint density at radius 3 is 2.27 bits per heavy atom. The van der Waals surface area contributed by atoms with E-state index in [2.05, 4.69) is 39.4 Å². The van der Waals surface area contributed by atoms with Gasteiger partial charge in [0.2, 0.25) is 5.91 Å². The zero-order chi connectivity index (χ0) is 18.3. The number of nitrogens with two attached hydrogens (primary N) is 1. The highest BCUT2D eigenvalue weighted by Crippen LogP contribution is 2.46. The molecule has 0 unspecified atom stereocenters. The van der Waals surface area contributed by atoms with Crippen molar-refractivity contribution in [2.45, 2.75) is 58.3 Å². The summed E-state index contributed by atoms with van der Waals surface area (Å²) in [6.45, 7) is 1.57. The first-order valence-electron chi connectivity index (χ1n) is 9.58. The fourth-order valence-corrected chi connectivity index (χ4v) is 5.05. The summed E-state index contributed by atoms with van der Waals surface area (Å²) in [7, 11) is 0. The summed E-state index contributed by atoms with van der Waals surface area (Å²) in [5.74, 6) is -0.0376. The van der Waals surface area contributed by atoms with Crippen LogP contribution in [0.15, 0.2) is 22.7 Å². The lowest BCUT2D eigenvalue weighted by Crippen LogP contribution is -2.14. The van der Waals surface area contributed by atoms with Gasteiger partial charge in [0.15, 0.2) is 0 Å². The van der Waals surface area contributed by atoms with E-state index in [-0.39, 0.29) is 5.91 Å². The Morgan fingerprint density at radius 1 is 0.962 bits per heavy atom. The minimum absolute atomic E-state index is 0.0376. The molecule has 1 amide bonds. The van der Waals surface area contributed by atoms with Crippen molar-refractivity contribution < 1.29 is 4.79 Å². The van der Waals surface area contributed by atoms with Crippen LogP contribution in [0.25, 0.3) is 11.1 Å². The maximum Gasteiger partial charge on any atom is 0.221 e. The van der Waals surface area contributed by atoms with Crippen molar-refractivity contribution in [3.05, 3.63) is 44.9 Å². The minimum Gasteiger partial charge on any atom is -0.397 e. The van der Waals surface area contributed by atoms with E-state index in [0.29, 0.717) is 0 Å². The van der Waals surface area contributed by atoms with Gasteiger partial charge in [-0.2, -0.15) is 0 Å². The molecule has 0 spiro atoms. The molecule has 26 heavy (non-hydrogen) atoms. The van der Waals surface area contributed by atoms with Gasteiger partial charge in [0.25, 0.3) is 0 Å².